The zero-order valence-corrected chi connectivity index (χ0v) is 16.0. The summed E-state index contributed by atoms with van der Waals surface area (Å²) in [6.45, 7) is 0.593. The minimum Gasteiger partial charge on any atom is -0.496 e. The molecule has 4 rings (SSSR count). The molecule has 1 aromatic carbocycles. The number of hydrogen-bond donors (Lipinski definition) is 1. The summed E-state index contributed by atoms with van der Waals surface area (Å²) < 4.78 is 6.71. The van der Waals surface area contributed by atoms with Crippen molar-refractivity contribution in [2.24, 2.45) is 0 Å². The molecular formula is C21H18N4O2S. The quantitative estimate of drug-likeness (QED) is 0.531. The molecule has 7 heteroatoms. The molecule has 0 aliphatic heterocycles. The Hall–Kier alpha value is -3.45. The van der Waals surface area contributed by atoms with E-state index in [-0.39, 0.29) is 5.91 Å². The number of carbonyl (C=O) groups excluding carboxylic acids is 1. The van der Waals surface area contributed by atoms with E-state index in [1.54, 1.807) is 42.8 Å². The maximum atomic E-state index is 13.2. The van der Waals surface area contributed by atoms with Crippen molar-refractivity contribution in [1.82, 2.24) is 14.8 Å². The van der Waals surface area contributed by atoms with Gasteiger partial charge in [0.1, 0.15) is 17.3 Å². The van der Waals surface area contributed by atoms with Gasteiger partial charge in [0.15, 0.2) is 0 Å². The van der Waals surface area contributed by atoms with Crippen LogP contribution in [-0.2, 0) is 6.54 Å². The van der Waals surface area contributed by atoms with Gasteiger partial charge in [0.2, 0.25) is 0 Å². The summed E-state index contributed by atoms with van der Waals surface area (Å²) in [6, 6.07) is 16.6. The van der Waals surface area contributed by atoms with Gasteiger partial charge < -0.3 is 10.1 Å². The fraction of sp³-hybridized carbons (Fsp3) is 0.0952. The molecular weight excluding hydrogens is 372 g/mol. The lowest BCUT2D eigenvalue weighted by atomic mass is 10.2. The van der Waals surface area contributed by atoms with Crippen molar-refractivity contribution in [3.63, 3.8) is 0 Å². The van der Waals surface area contributed by atoms with E-state index in [0.717, 1.165) is 5.56 Å². The number of benzene rings is 1. The molecule has 0 bridgehead atoms. The maximum Gasteiger partial charge on any atom is 0.283 e. The summed E-state index contributed by atoms with van der Waals surface area (Å²) in [5.41, 5.74) is 2.91. The summed E-state index contributed by atoms with van der Waals surface area (Å²) in [5, 5.41) is 11.9. The Labute approximate surface area is 166 Å². The van der Waals surface area contributed by atoms with Crippen molar-refractivity contribution in [2.45, 2.75) is 6.54 Å². The Morgan fingerprint density at radius 3 is 2.75 bits per heavy atom. The number of aromatic nitrogens is 3. The molecule has 0 amide bonds. The van der Waals surface area contributed by atoms with Gasteiger partial charge in [-0.1, -0.05) is 18.2 Å². The molecule has 1 N–H and O–H groups in total. The van der Waals surface area contributed by atoms with E-state index in [1.807, 2.05) is 41.8 Å². The van der Waals surface area contributed by atoms with Crippen molar-refractivity contribution < 1.29 is 9.53 Å². The lowest BCUT2D eigenvalue weighted by Crippen LogP contribution is -2.18. The third-order valence-electron chi connectivity index (χ3n) is 4.22. The number of methoxy groups -OCH3 is 1. The van der Waals surface area contributed by atoms with Gasteiger partial charge >= 0.3 is 0 Å². The molecule has 0 saturated carbocycles. The van der Waals surface area contributed by atoms with Gasteiger partial charge in [-0.15, -0.1) is 0 Å². The van der Waals surface area contributed by atoms with Crippen LogP contribution in [0.1, 0.15) is 15.9 Å². The zero-order chi connectivity index (χ0) is 19.3. The standard InChI is InChI=1S/C21H18N4O2S/c1-27-19-8-3-2-6-16(19)21(26)25-20(23-13-15-9-11-28-14-15)12-18(24-25)17-7-4-5-10-22-17/h2-12,14,23H,13H2,1H3. The number of nitrogens with zero attached hydrogens (tertiary/aromatic N) is 3. The second-order valence-corrected chi connectivity index (χ2v) is 6.81. The third kappa shape index (κ3) is 3.65. The first kappa shape index (κ1) is 17.9. The minimum absolute atomic E-state index is 0.271. The monoisotopic (exact) mass is 390 g/mol. The van der Waals surface area contributed by atoms with E-state index in [9.17, 15) is 4.79 Å². The Bertz CT molecular complexity index is 1080. The first-order valence-corrected chi connectivity index (χ1v) is 9.64. The molecule has 0 saturated heterocycles. The number of anilines is 1. The normalized spacial score (nSPS) is 10.6. The number of thiophene rings is 1. The molecule has 0 atom stereocenters. The van der Waals surface area contributed by atoms with Gasteiger partial charge in [0.25, 0.3) is 5.91 Å². The van der Waals surface area contributed by atoms with Gasteiger partial charge in [-0.25, -0.2) is 0 Å². The number of rotatable bonds is 6. The van der Waals surface area contributed by atoms with Crippen LogP contribution in [0.4, 0.5) is 5.82 Å². The van der Waals surface area contributed by atoms with Crippen LogP contribution in [0, 0.1) is 0 Å². The number of carbonyl (C=O) groups is 1. The SMILES string of the molecule is COc1ccccc1C(=O)n1nc(-c2ccccn2)cc1NCc1ccsc1. The second-order valence-electron chi connectivity index (χ2n) is 6.03. The van der Waals surface area contributed by atoms with Gasteiger partial charge in [-0.3, -0.25) is 9.78 Å². The highest BCUT2D eigenvalue weighted by molar-refractivity contribution is 7.07. The number of nitrogens with one attached hydrogen (secondary N) is 1. The molecule has 0 aliphatic rings. The van der Waals surface area contributed by atoms with Crippen molar-refractivity contribution >= 4 is 23.1 Å². The molecule has 140 valence electrons. The summed E-state index contributed by atoms with van der Waals surface area (Å²) in [7, 11) is 1.55. The van der Waals surface area contributed by atoms with Gasteiger partial charge in [0, 0.05) is 18.8 Å². The summed E-state index contributed by atoms with van der Waals surface area (Å²) in [6.07, 6.45) is 1.70. The molecule has 0 fully saturated rings. The smallest absolute Gasteiger partial charge is 0.283 e. The lowest BCUT2D eigenvalue weighted by molar-refractivity contribution is 0.0945. The molecule has 6 nitrogen and oxygen atoms in total. The molecule has 0 aliphatic carbocycles. The van der Waals surface area contributed by atoms with Crippen molar-refractivity contribution in [2.75, 3.05) is 12.4 Å². The van der Waals surface area contributed by atoms with Crippen LogP contribution >= 0.6 is 11.3 Å². The summed E-state index contributed by atoms with van der Waals surface area (Å²) in [4.78, 5) is 17.6. The highest BCUT2D eigenvalue weighted by atomic mass is 32.1. The number of pyridine rings is 1. The Morgan fingerprint density at radius 2 is 2.00 bits per heavy atom. The largest absolute Gasteiger partial charge is 0.496 e. The average molecular weight is 390 g/mol. The molecule has 3 heterocycles. The Balaban J connectivity index is 1.73. The Morgan fingerprint density at radius 1 is 1.14 bits per heavy atom. The van der Waals surface area contributed by atoms with E-state index in [1.165, 1.54) is 4.68 Å². The average Bonchev–Trinajstić information content (AvgIpc) is 3.42. The molecule has 28 heavy (non-hydrogen) atoms. The lowest BCUT2D eigenvalue weighted by Gasteiger charge is -2.10. The van der Waals surface area contributed by atoms with Crippen molar-refractivity contribution in [3.8, 4) is 17.1 Å². The highest BCUT2D eigenvalue weighted by Gasteiger charge is 2.20. The van der Waals surface area contributed by atoms with E-state index in [0.29, 0.717) is 35.1 Å². The third-order valence-corrected chi connectivity index (χ3v) is 4.95. The van der Waals surface area contributed by atoms with Crippen molar-refractivity contribution in [3.05, 3.63) is 82.7 Å². The van der Waals surface area contributed by atoms with Crippen molar-refractivity contribution in [1.29, 1.82) is 0 Å². The van der Waals surface area contributed by atoms with Gasteiger partial charge in [-0.05, 0) is 46.7 Å². The fourth-order valence-corrected chi connectivity index (χ4v) is 3.49. The van der Waals surface area contributed by atoms with E-state index < -0.39 is 0 Å². The van der Waals surface area contributed by atoms with Crippen LogP contribution in [0.5, 0.6) is 5.75 Å². The zero-order valence-electron chi connectivity index (χ0n) is 15.2. The molecule has 0 spiro atoms. The van der Waals surface area contributed by atoms with Crippen LogP contribution in [0.25, 0.3) is 11.4 Å². The van der Waals surface area contributed by atoms with Crippen LogP contribution in [0.15, 0.2) is 71.6 Å². The summed E-state index contributed by atoms with van der Waals surface area (Å²) in [5.74, 6) is 0.835. The van der Waals surface area contributed by atoms with Gasteiger partial charge in [0.05, 0.1) is 18.4 Å². The second kappa shape index (κ2) is 8.06. The topological polar surface area (TPSA) is 69.0 Å². The predicted molar refractivity (Wildman–Crippen MR) is 110 cm³/mol. The van der Waals surface area contributed by atoms with Crippen LogP contribution in [-0.4, -0.2) is 27.8 Å². The van der Waals surface area contributed by atoms with Crippen LogP contribution in [0.2, 0.25) is 0 Å². The number of para-hydroxylation sites is 1. The fourth-order valence-electron chi connectivity index (χ4n) is 2.82. The molecule has 0 unspecified atom stereocenters. The van der Waals surface area contributed by atoms with Crippen LogP contribution < -0.4 is 10.1 Å². The number of hydrogen-bond acceptors (Lipinski definition) is 6. The first-order chi connectivity index (χ1) is 13.8. The molecule has 4 aromatic rings. The minimum atomic E-state index is -0.271. The van der Waals surface area contributed by atoms with E-state index >= 15 is 0 Å². The highest BCUT2D eigenvalue weighted by Crippen LogP contribution is 2.25. The van der Waals surface area contributed by atoms with E-state index in [2.05, 4.69) is 20.8 Å². The summed E-state index contributed by atoms with van der Waals surface area (Å²) >= 11 is 1.63. The number of ether oxygens (including phenoxy) is 1. The van der Waals surface area contributed by atoms with E-state index in [4.69, 9.17) is 4.74 Å². The predicted octanol–water partition coefficient (Wildman–Crippen LogP) is 4.32. The molecule has 0 radical (unpaired) electrons. The Kier molecular flexibility index (Phi) is 5.16. The van der Waals surface area contributed by atoms with Crippen LogP contribution in [0.3, 0.4) is 0 Å². The first-order valence-electron chi connectivity index (χ1n) is 8.70. The maximum absolute atomic E-state index is 13.2. The van der Waals surface area contributed by atoms with Gasteiger partial charge in [-0.2, -0.15) is 21.1 Å². The molecule has 3 aromatic heterocycles.